The number of esters is 1. The molecule has 1 fully saturated rings. The zero-order chi connectivity index (χ0) is 20.2. The quantitative estimate of drug-likeness (QED) is 0.330. The van der Waals surface area contributed by atoms with Crippen LogP contribution in [0.15, 0.2) is 42.5 Å². The van der Waals surface area contributed by atoms with Crippen molar-refractivity contribution in [2.45, 2.75) is 63.8 Å². The van der Waals surface area contributed by atoms with Crippen molar-refractivity contribution in [3.05, 3.63) is 48.0 Å². The number of methoxy groups -OCH3 is 1. The number of carbonyl (C=O) groups is 3. The van der Waals surface area contributed by atoms with Crippen LogP contribution in [0.4, 0.5) is 0 Å². The van der Waals surface area contributed by atoms with Gasteiger partial charge >= 0.3 is 5.97 Å². The minimum atomic E-state index is -0.170. The molecule has 152 valence electrons. The van der Waals surface area contributed by atoms with E-state index in [-0.39, 0.29) is 23.7 Å². The van der Waals surface area contributed by atoms with Crippen LogP contribution in [-0.4, -0.2) is 42.3 Å². The molecule has 0 bridgehead atoms. The van der Waals surface area contributed by atoms with Gasteiger partial charge in [0.1, 0.15) is 0 Å². The Morgan fingerprint density at radius 3 is 2.64 bits per heavy atom. The van der Waals surface area contributed by atoms with E-state index in [2.05, 4.69) is 4.74 Å². The third-order valence-electron chi connectivity index (χ3n) is 5.09. The summed E-state index contributed by atoms with van der Waals surface area (Å²) in [5, 5.41) is 0. The number of benzene rings is 1. The molecule has 1 aliphatic heterocycles. The lowest BCUT2D eigenvalue weighted by molar-refractivity contribution is -0.140. The van der Waals surface area contributed by atoms with Gasteiger partial charge in [-0.2, -0.15) is 0 Å². The number of piperidine rings is 1. The van der Waals surface area contributed by atoms with Crippen molar-refractivity contribution in [3.8, 4) is 0 Å². The number of ether oxygens (including phenoxy) is 1. The first-order valence-electron chi connectivity index (χ1n) is 10.2. The second kappa shape index (κ2) is 12.1. The van der Waals surface area contributed by atoms with Crippen LogP contribution < -0.4 is 0 Å². The molecule has 0 radical (unpaired) electrons. The number of amides is 1. The van der Waals surface area contributed by atoms with E-state index < -0.39 is 0 Å². The molecule has 5 nitrogen and oxygen atoms in total. The van der Waals surface area contributed by atoms with E-state index in [0.717, 1.165) is 44.1 Å². The number of allylic oxidation sites excluding steroid dienone is 1. The van der Waals surface area contributed by atoms with Crippen molar-refractivity contribution >= 4 is 17.7 Å². The van der Waals surface area contributed by atoms with Crippen LogP contribution in [0.2, 0.25) is 0 Å². The molecule has 28 heavy (non-hydrogen) atoms. The van der Waals surface area contributed by atoms with Gasteiger partial charge in [0.15, 0.2) is 5.78 Å². The van der Waals surface area contributed by atoms with Crippen LogP contribution in [0.1, 0.15) is 56.9 Å². The largest absolute Gasteiger partial charge is 0.469 e. The molecule has 1 atom stereocenters. The van der Waals surface area contributed by atoms with Crippen LogP contribution in [-0.2, 0) is 25.5 Å². The normalized spacial score (nSPS) is 17.1. The topological polar surface area (TPSA) is 63.7 Å². The molecule has 5 heteroatoms. The van der Waals surface area contributed by atoms with Gasteiger partial charge in [-0.15, -0.1) is 0 Å². The van der Waals surface area contributed by atoms with Crippen molar-refractivity contribution in [1.29, 1.82) is 0 Å². The van der Waals surface area contributed by atoms with Crippen LogP contribution in [0.3, 0.4) is 0 Å². The Morgan fingerprint density at radius 1 is 1.14 bits per heavy atom. The summed E-state index contributed by atoms with van der Waals surface area (Å²) < 4.78 is 4.64. The van der Waals surface area contributed by atoms with Gasteiger partial charge in [0.2, 0.25) is 5.91 Å². The van der Waals surface area contributed by atoms with Crippen LogP contribution in [0, 0.1) is 0 Å². The van der Waals surface area contributed by atoms with E-state index in [1.54, 1.807) is 6.08 Å². The smallest absolute Gasteiger partial charge is 0.305 e. The van der Waals surface area contributed by atoms with E-state index in [9.17, 15) is 14.4 Å². The highest BCUT2D eigenvalue weighted by molar-refractivity contribution is 5.91. The third kappa shape index (κ3) is 7.67. The van der Waals surface area contributed by atoms with Gasteiger partial charge in [-0.1, -0.05) is 49.2 Å². The molecule has 0 aliphatic carbocycles. The van der Waals surface area contributed by atoms with Crippen molar-refractivity contribution in [3.63, 3.8) is 0 Å². The van der Waals surface area contributed by atoms with Gasteiger partial charge in [-0.25, -0.2) is 0 Å². The minimum absolute atomic E-state index is 0.0102. The molecule has 0 aromatic heterocycles. The number of likely N-dealkylation sites (tertiary alicyclic amines) is 1. The molecular formula is C23H31NO4. The molecule has 1 unspecified atom stereocenters. The average Bonchev–Trinajstić information content (AvgIpc) is 2.70. The fraction of sp³-hybridized carbons (Fsp3) is 0.522. The lowest BCUT2D eigenvalue weighted by Crippen LogP contribution is -2.43. The van der Waals surface area contributed by atoms with Crippen LogP contribution in [0.25, 0.3) is 0 Å². The SMILES string of the molecule is COC(=O)CCCCCCN1C(=O)CCCC1C=CC(=O)Cc1ccccc1. The maximum Gasteiger partial charge on any atom is 0.305 e. The Bertz CT molecular complexity index is 668. The molecule has 2 rings (SSSR count). The first kappa shape index (κ1) is 21.9. The summed E-state index contributed by atoms with van der Waals surface area (Å²) in [6, 6.07) is 9.70. The molecule has 0 spiro atoms. The second-order valence-corrected chi connectivity index (χ2v) is 7.27. The Balaban J connectivity index is 1.78. The monoisotopic (exact) mass is 385 g/mol. The van der Waals surface area contributed by atoms with Gasteiger partial charge in [0.25, 0.3) is 0 Å². The van der Waals surface area contributed by atoms with Gasteiger partial charge in [0.05, 0.1) is 13.2 Å². The minimum Gasteiger partial charge on any atom is -0.469 e. The summed E-state index contributed by atoms with van der Waals surface area (Å²) in [5.41, 5.74) is 1.00. The number of nitrogens with zero attached hydrogens (tertiary/aromatic N) is 1. The molecule has 1 amide bonds. The summed E-state index contributed by atoms with van der Waals surface area (Å²) in [6.45, 7) is 0.707. The Labute approximate surface area is 167 Å². The first-order valence-corrected chi connectivity index (χ1v) is 10.2. The van der Waals surface area contributed by atoms with Gasteiger partial charge < -0.3 is 9.64 Å². The maximum absolute atomic E-state index is 12.3. The van der Waals surface area contributed by atoms with E-state index in [1.807, 2.05) is 41.3 Å². The van der Waals surface area contributed by atoms with Gasteiger partial charge in [-0.05, 0) is 37.3 Å². The highest BCUT2D eigenvalue weighted by Crippen LogP contribution is 2.20. The molecule has 0 saturated carbocycles. The Morgan fingerprint density at radius 2 is 1.89 bits per heavy atom. The van der Waals surface area contributed by atoms with Crippen LogP contribution in [0.5, 0.6) is 0 Å². The van der Waals surface area contributed by atoms with Crippen molar-refractivity contribution in [1.82, 2.24) is 4.90 Å². The number of hydrogen-bond acceptors (Lipinski definition) is 4. The number of unbranched alkanes of at least 4 members (excludes halogenated alkanes) is 3. The summed E-state index contributed by atoms with van der Waals surface area (Å²) >= 11 is 0. The molecule has 0 N–H and O–H groups in total. The number of rotatable bonds is 11. The molecule has 1 heterocycles. The summed E-state index contributed by atoms with van der Waals surface area (Å²) in [4.78, 5) is 37.6. The summed E-state index contributed by atoms with van der Waals surface area (Å²) in [6.07, 6.45) is 10.4. The number of carbonyl (C=O) groups excluding carboxylic acids is 3. The molecular weight excluding hydrogens is 354 g/mol. The fourth-order valence-corrected chi connectivity index (χ4v) is 3.52. The first-order chi connectivity index (χ1) is 13.6. The highest BCUT2D eigenvalue weighted by Gasteiger charge is 2.25. The van der Waals surface area contributed by atoms with E-state index in [1.165, 1.54) is 7.11 Å². The second-order valence-electron chi connectivity index (χ2n) is 7.27. The lowest BCUT2D eigenvalue weighted by atomic mass is 9.99. The fourth-order valence-electron chi connectivity index (χ4n) is 3.52. The van der Waals surface area contributed by atoms with Crippen molar-refractivity contribution < 1.29 is 19.1 Å². The molecule has 1 aromatic carbocycles. The predicted molar refractivity (Wildman–Crippen MR) is 109 cm³/mol. The lowest BCUT2D eigenvalue weighted by Gasteiger charge is -2.34. The third-order valence-corrected chi connectivity index (χ3v) is 5.09. The maximum atomic E-state index is 12.3. The summed E-state index contributed by atoms with van der Waals surface area (Å²) in [7, 11) is 1.41. The predicted octanol–water partition coefficient (Wildman–Crippen LogP) is 3.86. The standard InChI is InChI=1S/C23H31NO4/c1-28-23(27)14-7-2-3-8-17-24-20(12-9-13-22(24)26)15-16-21(25)18-19-10-5-4-6-11-19/h4-6,10-11,15-16,20H,2-3,7-9,12-14,17-18H2,1H3. The molecule has 1 aliphatic rings. The van der Waals surface area contributed by atoms with E-state index in [4.69, 9.17) is 0 Å². The zero-order valence-electron chi connectivity index (χ0n) is 16.8. The molecule has 1 aromatic rings. The van der Waals surface area contributed by atoms with E-state index in [0.29, 0.717) is 25.8 Å². The summed E-state index contributed by atoms with van der Waals surface area (Å²) in [5.74, 6) is 0.0644. The Hall–Kier alpha value is -2.43. The molecule has 1 saturated heterocycles. The Kier molecular flexibility index (Phi) is 9.46. The van der Waals surface area contributed by atoms with Gasteiger partial charge in [0, 0.05) is 25.8 Å². The number of hydrogen-bond donors (Lipinski definition) is 0. The van der Waals surface area contributed by atoms with E-state index >= 15 is 0 Å². The zero-order valence-corrected chi connectivity index (χ0v) is 16.8. The van der Waals surface area contributed by atoms with Crippen molar-refractivity contribution in [2.75, 3.05) is 13.7 Å². The highest BCUT2D eigenvalue weighted by atomic mass is 16.5. The van der Waals surface area contributed by atoms with Crippen molar-refractivity contribution in [2.24, 2.45) is 0 Å². The number of ketones is 1. The average molecular weight is 386 g/mol. The van der Waals surface area contributed by atoms with Crippen LogP contribution >= 0.6 is 0 Å². The van der Waals surface area contributed by atoms with Gasteiger partial charge in [-0.3, -0.25) is 14.4 Å².